The van der Waals surface area contributed by atoms with E-state index in [1.54, 1.807) is 0 Å². The highest BCUT2D eigenvalue weighted by atomic mass is 16.6. The number of esters is 3. The lowest BCUT2D eigenvalue weighted by molar-refractivity contribution is -0.167. The first-order valence-electron chi connectivity index (χ1n) is 34.0. The van der Waals surface area contributed by atoms with Crippen molar-refractivity contribution in [3.05, 3.63) is 36.5 Å². The van der Waals surface area contributed by atoms with Gasteiger partial charge in [0.05, 0.1) is 0 Å². The second-order valence-electron chi connectivity index (χ2n) is 23.1. The molecule has 0 rings (SSSR count). The Hall–Kier alpha value is -2.37. The van der Waals surface area contributed by atoms with Crippen LogP contribution in [-0.4, -0.2) is 37.2 Å². The van der Waals surface area contributed by atoms with E-state index in [1.165, 1.54) is 238 Å². The molecule has 0 amide bonds. The molecule has 0 spiro atoms. The molecule has 0 aromatic carbocycles. The maximum atomic E-state index is 12.9. The third kappa shape index (κ3) is 62.5. The lowest BCUT2D eigenvalue weighted by Crippen LogP contribution is -2.30. The molecule has 6 heteroatoms. The summed E-state index contributed by atoms with van der Waals surface area (Å²) in [5.74, 6) is -0.872. The van der Waals surface area contributed by atoms with Crippen molar-refractivity contribution >= 4 is 17.9 Å². The third-order valence-electron chi connectivity index (χ3n) is 15.4. The molecule has 446 valence electrons. The molecule has 0 aliphatic carbocycles. The molecule has 0 saturated carbocycles. The molecule has 0 fully saturated rings. The molecule has 0 bridgehead atoms. The highest BCUT2D eigenvalue weighted by Gasteiger charge is 2.19. The van der Waals surface area contributed by atoms with Crippen LogP contribution in [0.2, 0.25) is 0 Å². The van der Waals surface area contributed by atoms with Crippen LogP contribution >= 0.6 is 0 Å². The molecular weight excluding hydrogens is 937 g/mol. The van der Waals surface area contributed by atoms with Gasteiger partial charge in [0.15, 0.2) is 6.10 Å². The minimum Gasteiger partial charge on any atom is -0.462 e. The van der Waals surface area contributed by atoms with Crippen molar-refractivity contribution in [1.29, 1.82) is 0 Å². The number of hydrogen-bond acceptors (Lipinski definition) is 6. The fraction of sp³-hybridized carbons (Fsp3) is 0.871. The Kier molecular flexibility index (Phi) is 63.1. The van der Waals surface area contributed by atoms with E-state index in [9.17, 15) is 14.4 Å². The quantitative estimate of drug-likeness (QED) is 0.0261. The van der Waals surface area contributed by atoms with Crippen LogP contribution in [0.15, 0.2) is 36.5 Å². The average Bonchev–Trinajstić information content (AvgIpc) is 3.42. The van der Waals surface area contributed by atoms with Gasteiger partial charge in [-0.3, -0.25) is 14.4 Å². The van der Waals surface area contributed by atoms with Gasteiger partial charge in [-0.25, -0.2) is 0 Å². The second kappa shape index (κ2) is 65.2. The molecule has 1 atom stereocenters. The Morgan fingerprint density at radius 3 is 0.803 bits per heavy atom. The van der Waals surface area contributed by atoms with Crippen molar-refractivity contribution in [3.63, 3.8) is 0 Å². The molecule has 0 aliphatic heterocycles. The summed E-state index contributed by atoms with van der Waals surface area (Å²) in [6.07, 6.45) is 80.6. The highest BCUT2D eigenvalue weighted by Crippen LogP contribution is 2.19. The van der Waals surface area contributed by atoms with Crippen molar-refractivity contribution in [3.8, 4) is 0 Å². The first-order valence-corrected chi connectivity index (χ1v) is 34.0. The molecule has 0 aromatic rings. The molecule has 0 aromatic heterocycles. The summed E-state index contributed by atoms with van der Waals surface area (Å²) in [6, 6.07) is 0. The van der Waals surface area contributed by atoms with E-state index in [0.29, 0.717) is 19.3 Å². The van der Waals surface area contributed by atoms with Crippen molar-refractivity contribution in [2.45, 2.75) is 380 Å². The topological polar surface area (TPSA) is 78.9 Å². The van der Waals surface area contributed by atoms with Crippen LogP contribution in [-0.2, 0) is 28.6 Å². The molecule has 76 heavy (non-hydrogen) atoms. The summed E-state index contributed by atoms with van der Waals surface area (Å²) in [6.45, 7) is 6.56. The Labute approximate surface area is 474 Å². The number of carbonyl (C=O) groups excluding carboxylic acids is 3. The zero-order chi connectivity index (χ0) is 55.0. The number of allylic oxidation sites excluding steroid dienone is 6. The number of unbranched alkanes of at least 4 members (excludes halogenated alkanes) is 46. The average molecular weight is 1070 g/mol. The maximum Gasteiger partial charge on any atom is 0.306 e. The minimum atomic E-state index is -0.777. The standard InChI is InChI=1S/C70H130O6/c1-4-7-10-13-16-19-22-24-26-27-28-29-30-31-32-33-34-35-36-37-38-39-40-41-42-43-45-46-48-51-54-57-60-63-69(72)75-66-67(65-74-68(71)62-59-56-53-50-21-18-15-12-9-6-3)76-70(73)64-61-58-55-52-49-47-44-25-23-20-17-14-11-8-5-2/h8,11,17,20,25,44,67H,4-7,9-10,12-16,18-19,21-24,26-43,45-66H2,1-3H3/b11-8-,20-17-,44-25-. The summed E-state index contributed by atoms with van der Waals surface area (Å²) >= 11 is 0. The molecule has 0 radical (unpaired) electrons. The van der Waals surface area contributed by atoms with Gasteiger partial charge in [-0.05, 0) is 51.4 Å². The Morgan fingerprint density at radius 1 is 0.276 bits per heavy atom. The van der Waals surface area contributed by atoms with Gasteiger partial charge in [-0.15, -0.1) is 0 Å². The van der Waals surface area contributed by atoms with Crippen molar-refractivity contribution in [2.24, 2.45) is 0 Å². The summed E-state index contributed by atoms with van der Waals surface area (Å²) in [7, 11) is 0. The monoisotopic (exact) mass is 1070 g/mol. The third-order valence-corrected chi connectivity index (χ3v) is 15.4. The summed E-state index contributed by atoms with van der Waals surface area (Å²) in [5, 5.41) is 0. The zero-order valence-corrected chi connectivity index (χ0v) is 51.3. The van der Waals surface area contributed by atoms with E-state index in [4.69, 9.17) is 14.2 Å². The maximum absolute atomic E-state index is 12.9. The van der Waals surface area contributed by atoms with Gasteiger partial charge in [0.25, 0.3) is 0 Å². The normalized spacial score (nSPS) is 12.2. The van der Waals surface area contributed by atoms with Crippen LogP contribution < -0.4 is 0 Å². The minimum absolute atomic E-state index is 0.0744. The lowest BCUT2D eigenvalue weighted by Gasteiger charge is -2.18. The van der Waals surface area contributed by atoms with Crippen LogP contribution in [0, 0.1) is 0 Å². The Balaban J connectivity index is 4.01. The molecule has 0 saturated heterocycles. The number of ether oxygens (including phenoxy) is 3. The molecule has 6 nitrogen and oxygen atoms in total. The number of rotatable bonds is 63. The van der Waals surface area contributed by atoms with Gasteiger partial charge in [0, 0.05) is 19.3 Å². The fourth-order valence-corrected chi connectivity index (χ4v) is 10.3. The van der Waals surface area contributed by atoms with Crippen LogP contribution in [0.25, 0.3) is 0 Å². The number of hydrogen-bond donors (Lipinski definition) is 0. The first-order chi connectivity index (χ1) is 37.5. The summed E-state index contributed by atoms with van der Waals surface area (Å²) < 4.78 is 16.9. The van der Waals surface area contributed by atoms with Crippen LogP contribution in [0.1, 0.15) is 374 Å². The highest BCUT2D eigenvalue weighted by molar-refractivity contribution is 5.71. The molecular formula is C70H130O6. The predicted molar refractivity (Wildman–Crippen MR) is 330 cm³/mol. The summed E-state index contributed by atoms with van der Waals surface area (Å²) in [4.78, 5) is 38.2. The van der Waals surface area contributed by atoms with E-state index < -0.39 is 6.10 Å². The lowest BCUT2D eigenvalue weighted by atomic mass is 10.0. The van der Waals surface area contributed by atoms with E-state index in [-0.39, 0.29) is 31.1 Å². The predicted octanol–water partition coefficient (Wildman–Crippen LogP) is 23.2. The van der Waals surface area contributed by atoms with E-state index >= 15 is 0 Å². The zero-order valence-electron chi connectivity index (χ0n) is 51.3. The van der Waals surface area contributed by atoms with Gasteiger partial charge in [-0.1, -0.05) is 340 Å². The van der Waals surface area contributed by atoms with Gasteiger partial charge in [0.1, 0.15) is 13.2 Å². The Morgan fingerprint density at radius 2 is 0.513 bits per heavy atom. The van der Waals surface area contributed by atoms with Crippen LogP contribution in [0.5, 0.6) is 0 Å². The molecule has 1 unspecified atom stereocenters. The number of carbonyl (C=O) groups is 3. The van der Waals surface area contributed by atoms with Gasteiger partial charge >= 0.3 is 17.9 Å². The fourth-order valence-electron chi connectivity index (χ4n) is 10.3. The van der Waals surface area contributed by atoms with Crippen LogP contribution in [0.3, 0.4) is 0 Å². The molecule has 0 aliphatic rings. The van der Waals surface area contributed by atoms with Gasteiger partial charge in [-0.2, -0.15) is 0 Å². The van der Waals surface area contributed by atoms with E-state index in [0.717, 1.165) is 96.3 Å². The Bertz CT molecular complexity index is 1270. The smallest absolute Gasteiger partial charge is 0.306 e. The van der Waals surface area contributed by atoms with Gasteiger partial charge in [0.2, 0.25) is 0 Å². The van der Waals surface area contributed by atoms with Crippen LogP contribution in [0.4, 0.5) is 0 Å². The largest absolute Gasteiger partial charge is 0.462 e. The van der Waals surface area contributed by atoms with E-state index in [1.807, 2.05) is 0 Å². The van der Waals surface area contributed by atoms with Gasteiger partial charge < -0.3 is 14.2 Å². The first kappa shape index (κ1) is 73.6. The van der Waals surface area contributed by atoms with Crippen molar-refractivity contribution < 1.29 is 28.6 Å². The SMILES string of the molecule is CC/C=C\C/C=C\C/C=C\CCCCCCCC(=O)OC(COC(=O)CCCCCCCCCCCC)COC(=O)CCCCCCCCCCCCCCCCCCCCCCCCCCCCCCCCCCC. The van der Waals surface area contributed by atoms with Crippen molar-refractivity contribution in [2.75, 3.05) is 13.2 Å². The second-order valence-corrected chi connectivity index (χ2v) is 23.1. The molecule has 0 N–H and O–H groups in total. The van der Waals surface area contributed by atoms with Crippen molar-refractivity contribution in [1.82, 2.24) is 0 Å². The van der Waals surface area contributed by atoms with E-state index in [2.05, 4.69) is 57.2 Å². The molecule has 0 heterocycles. The summed E-state index contributed by atoms with van der Waals surface area (Å²) in [5.41, 5.74) is 0.